The number of hydrogen-bond donors (Lipinski definition) is 1. The fourth-order valence-electron chi connectivity index (χ4n) is 8.86. The molecule has 32 heavy (non-hydrogen) atoms. The summed E-state index contributed by atoms with van der Waals surface area (Å²) in [5.41, 5.74) is 2.15. The Kier molecular flexibility index (Phi) is 6.90. The molecule has 4 rings (SSSR count). The van der Waals surface area contributed by atoms with Gasteiger partial charge in [0, 0.05) is 12.8 Å². The van der Waals surface area contributed by atoms with Gasteiger partial charge in [-0.3, -0.25) is 4.79 Å². The van der Waals surface area contributed by atoms with Gasteiger partial charge in [0.05, 0.1) is 6.10 Å². The summed E-state index contributed by atoms with van der Waals surface area (Å²) in [4.78, 5) is 12.0. The van der Waals surface area contributed by atoms with E-state index in [-0.39, 0.29) is 29.5 Å². The Morgan fingerprint density at radius 3 is 2.44 bits per heavy atom. The molecule has 3 saturated carbocycles. The van der Waals surface area contributed by atoms with Crippen molar-refractivity contribution in [3.63, 3.8) is 0 Å². The molecule has 4 aliphatic rings. The number of aliphatic hydroxyl groups excluding tert-OH is 1. The number of allylic oxidation sites excluding steroid dienone is 1. The van der Waals surface area contributed by atoms with Crippen molar-refractivity contribution in [1.29, 1.82) is 0 Å². The molecule has 1 N–H and O–H groups in total. The number of fused-ring (bicyclic) bond motifs is 5. The molecular weight excluding hydrogens is 396 g/mol. The molecule has 0 amide bonds. The van der Waals surface area contributed by atoms with E-state index < -0.39 is 0 Å². The first-order valence-electron chi connectivity index (χ1n) is 13.6. The first-order valence-corrected chi connectivity index (χ1v) is 13.6. The second-order valence-corrected chi connectivity index (χ2v) is 12.9. The van der Waals surface area contributed by atoms with E-state index in [2.05, 4.69) is 40.7 Å². The van der Waals surface area contributed by atoms with Crippen LogP contribution in [0.4, 0.5) is 0 Å². The van der Waals surface area contributed by atoms with E-state index in [1.54, 1.807) is 5.57 Å². The van der Waals surface area contributed by atoms with E-state index in [0.717, 1.165) is 37.0 Å². The van der Waals surface area contributed by atoms with E-state index in [1.807, 2.05) is 0 Å². The third kappa shape index (κ3) is 4.21. The van der Waals surface area contributed by atoms with Gasteiger partial charge >= 0.3 is 5.97 Å². The lowest BCUT2D eigenvalue weighted by Crippen LogP contribution is -2.54. The standard InChI is InChI=1S/C29H48O3/c1-18(2)8-7-9-19(3)23-10-11-24-22-17-27(32-20(4)30)26-16-21(31)12-14-29(26,6)25(22)13-15-28(23,24)5/h17-19,21,23-27,31H,7-16H2,1-6H3. The van der Waals surface area contributed by atoms with Crippen LogP contribution in [-0.2, 0) is 9.53 Å². The largest absolute Gasteiger partial charge is 0.458 e. The van der Waals surface area contributed by atoms with Crippen LogP contribution in [0.3, 0.4) is 0 Å². The van der Waals surface area contributed by atoms with Crippen molar-refractivity contribution in [2.45, 2.75) is 118 Å². The normalized spacial score (nSPS) is 44.3. The molecule has 3 heteroatoms. The molecule has 0 aromatic rings. The highest BCUT2D eigenvalue weighted by Crippen LogP contribution is 2.67. The van der Waals surface area contributed by atoms with Crippen LogP contribution in [0, 0.1) is 46.3 Å². The molecule has 0 aromatic carbocycles. The Hall–Kier alpha value is -0.830. The first-order chi connectivity index (χ1) is 15.1. The van der Waals surface area contributed by atoms with Gasteiger partial charge in [-0.05, 0) is 91.4 Å². The number of ether oxygens (including phenoxy) is 1. The van der Waals surface area contributed by atoms with Crippen LogP contribution in [0.2, 0.25) is 0 Å². The third-order valence-corrected chi connectivity index (χ3v) is 10.6. The summed E-state index contributed by atoms with van der Waals surface area (Å²) in [6.07, 6.45) is 14.0. The van der Waals surface area contributed by atoms with E-state index in [0.29, 0.717) is 17.3 Å². The van der Waals surface area contributed by atoms with Gasteiger partial charge in [-0.15, -0.1) is 0 Å². The Balaban J connectivity index is 1.60. The van der Waals surface area contributed by atoms with Gasteiger partial charge in [-0.1, -0.05) is 59.5 Å². The fraction of sp³-hybridized carbons (Fsp3) is 0.897. The maximum absolute atomic E-state index is 12.0. The number of carbonyl (C=O) groups is 1. The molecule has 0 spiro atoms. The topological polar surface area (TPSA) is 46.5 Å². The van der Waals surface area contributed by atoms with Crippen molar-refractivity contribution in [1.82, 2.24) is 0 Å². The van der Waals surface area contributed by atoms with Gasteiger partial charge in [-0.25, -0.2) is 0 Å². The smallest absolute Gasteiger partial charge is 0.303 e. The molecular formula is C29H48O3. The van der Waals surface area contributed by atoms with E-state index in [4.69, 9.17) is 4.74 Å². The number of carbonyl (C=O) groups excluding carboxylic acids is 1. The molecule has 0 heterocycles. The van der Waals surface area contributed by atoms with Crippen LogP contribution in [0.15, 0.2) is 11.6 Å². The lowest BCUT2D eigenvalue weighted by Gasteiger charge is -2.59. The summed E-state index contributed by atoms with van der Waals surface area (Å²) in [5, 5.41) is 10.4. The van der Waals surface area contributed by atoms with E-state index in [9.17, 15) is 9.90 Å². The minimum atomic E-state index is -0.252. The van der Waals surface area contributed by atoms with Crippen molar-refractivity contribution in [2.24, 2.45) is 46.3 Å². The van der Waals surface area contributed by atoms with E-state index in [1.165, 1.54) is 51.9 Å². The molecule has 0 radical (unpaired) electrons. The zero-order chi connectivity index (χ0) is 23.3. The number of hydrogen-bond acceptors (Lipinski definition) is 3. The lowest BCUT2D eigenvalue weighted by atomic mass is 9.47. The molecule has 9 unspecified atom stereocenters. The minimum absolute atomic E-state index is 0.145. The second kappa shape index (κ2) is 9.08. The van der Waals surface area contributed by atoms with Gasteiger partial charge < -0.3 is 9.84 Å². The molecule has 9 atom stereocenters. The highest BCUT2D eigenvalue weighted by atomic mass is 16.5. The highest BCUT2D eigenvalue weighted by Gasteiger charge is 2.60. The first kappa shape index (κ1) is 24.3. The molecule has 0 bridgehead atoms. The Morgan fingerprint density at radius 2 is 1.75 bits per heavy atom. The summed E-state index contributed by atoms with van der Waals surface area (Å²) in [6.45, 7) is 13.8. The van der Waals surface area contributed by atoms with Gasteiger partial charge in [0.25, 0.3) is 0 Å². The average Bonchev–Trinajstić information content (AvgIpc) is 3.06. The minimum Gasteiger partial charge on any atom is -0.458 e. The quantitative estimate of drug-likeness (QED) is 0.357. The summed E-state index contributed by atoms with van der Waals surface area (Å²) >= 11 is 0. The average molecular weight is 445 g/mol. The summed E-state index contributed by atoms with van der Waals surface area (Å²) in [5.74, 6) is 3.71. The van der Waals surface area contributed by atoms with Crippen molar-refractivity contribution < 1.29 is 14.6 Å². The van der Waals surface area contributed by atoms with Crippen LogP contribution in [0.5, 0.6) is 0 Å². The number of aliphatic hydroxyl groups is 1. The Morgan fingerprint density at radius 1 is 1.06 bits per heavy atom. The van der Waals surface area contributed by atoms with Gasteiger partial charge in [0.1, 0.15) is 6.10 Å². The molecule has 3 fully saturated rings. The summed E-state index contributed by atoms with van der Waals surface area (Å²) in [6, 6.07) is 0. The zero-order valence-electron chi connectivity index (χ0n) is 21.5. The van der Waals surface area contributed by atoms with Crippen LogP contribution in [0.25, 0.3) is 0 Å². The van der Waals surface area contributed by atoms with Gasteiger partial charge in [0.2, 0.25) is 0 Å². The number of esters is 1. The zero-order valence-corrected chi connectivity index (χ0v) is 21.5. The van der Waals surface area contributed by atoms with Crippen LogP contribution in [-0.4, -0.2) is 23.3 Å². The highest BCUT2D eigenvalue weighted by molar-refractivity contribution is 5.66. The Bertz CT molecular complexity index is 726. The third-order valence-electron chi connectivity index (χ3n) is 10.6. The molecule has 182 valence electrons. The molecule has 3 nitrogen and oxygen atoms in total. The molecule has 4 aliphatic carbocycles. The van der Waals surface area contributed by atoms with Crippen molar-refractivity contribution >= 4 is 5.97 Å². The number of rotatable bonds is 6. The second-order valence-electron chi connectivity index (χ2n) is 12.9. The van der Waals surface area contributed by atoms with Crippen molar-refractivity contribution in [3.05, 3.63) is 11.6 Å². The molecule has 0 saturated heterocycles. The van der Waals surface area contributed by atoms with E-state index >= 15 is 0 Å². The molecule has 0 aromatic heterocycles. The van der Waals surface area contributed by atoms with Gasteiger partial charge in [0.15, 0.2) is 0 Å². The lowest BCUT2D eigenvalue weighted by molar-refractivity contribution is -0.156. The fourth-order valence-corrected chi connectivity index (χ4v) is 8.86. The van der Waals surface area contributed by atoms with Gasteiger partial charge in [-0.2, -0.15) is 0 Å². The Labute approximate surface area is 196 Å². The van der Waals surface area contributed by atoms with Crippen molar-refractivity contribution in [2.75, 3.05) is 0 Å². The summed E-state index contributed by atoms with van der Waals surface area (Å²) < 4.78 is 5.93. The molecule has 0 aliphatic heterocycles. The summed E-state index contributed by atoms with van der Waals surface area (Å²) in [7, 11) is 0. The predicted octanol–water partition coefficient (Wildman–Crippen LogP) is 6.93. The van der Waals surface area contributed by atoms with Crippen LogP contribution < -0.4 is 0 Å². The maximum Gasteiger partial charge on any atom is 0.303 e. The SMILES string of the molecule is CC(=O)OC1C=C2C3CCC(C(C)CCCC(C)C)C3(C)CCC2C2(C)CCC(O)CC12. The maximum atomic E-state index is 12.0. The van der Waals surface area contributed by atoms with Crippen LogP contribution >= 0.6 is 0 Å². The predicted molar refractivity (Wildman–Crippen MR) is 130 cm³/mol. The van der Waals surface area contributed by atoms with Crippen LogP contribution in [0.1, 0.15) is 106 Å². The van der Waals surface area contributed by atoms with Crippen molar-refractivity contribution in [3.8, 4) is 0 Å². The monoisotopic (exact) mass is 444 g/mol.